The Morgan fingerprint density at radius 2 is 0.459 bits per heavy atom. The fourth-order valence-corrected chi connectivity index (χ4v) is 11.1. The topological polar surface area (TPSA) is 201 Å². The van der Waals surface area contributed by atoms with Gasteiger partial charge in [-0.3, -0.25) is 19.2 Å². The maximum Gasteiger partial charge on any atom is 0.411 e. The Bertz CT molecular complexity index is 3210. The minimum absolute atomic E-state index is 0. The normalized spacial score (nSPS) is 12.9. The summed E-state index contributed by atoms with van der Waals surface area (Å²) in [5, 5.41) is 18.5. The molecule has 0 aliphatic rings. The number of rotatable bonds is 46. The Kier molecular flexibility index (Phi) is 49.2. The molecule has 6 aromatic rings. The third kappa shape index (κ3) is 36.3. The molecule has 109 heavy (non-hydrogen) atoms. The summed E-state index contributed by atoms with van der Waals surface area (Å²) in [4.78, 5) is 41.2. The van der Waals surface area contributed by atoms with Crippen molar-refractivity contribution in [2.24, 2.45) is 0 Å². The average Bonchev–Trinajstić information content (AvgIpc) is 0.718. The second-order valence-electron chi connectivity index (χ2n) is 27.5. The van der Waals surface area contributed by atoms with Gasteiger partial charge in [-0.25, -0.2) is 0 Å². The summed E-state index contributed by atoms with van der Waals surface area (Å²) in [6, 6.07) is 38.3. The smallest absolute Gasteiger partial charge is 0.411 e. The van der Waals surface area contributed by atoms with Gasteiger partial charge in [0.05, 0.1) is 12.2 Å². The third-order valence-electron chi connectivity index (χ3n) is 17.5. The van der Waals surface area contributed by atoms with Gasteiger partial charge in [0.15, 0.2) is 0 Å². The van der Waals surface area contributed by atoms with Gasteiger partial charge in [-0.05, 0) is 148 Å². The number of carbonyl (C=O) groups is 4. The molecule has 0 saturated carbocycles. The third-order valence-corrected chi connectivity index (χ3v) is 17.5. The van der Waals surface area contributed by atoms with Crippen molar-refractivity contribution in [3.8, 4) is 34.5 Å². The van der Waals surface area contributed by atoms with Crippen LogP contribution in [-0.2, 0) is 54.4 Å². The summed E-state index contributed by atoms with van der Waals surface area (Å²) in [5.74, 6) is 2.93. The molecule has 0 aliphatic carbocycles. The fraction of sp³-hybridized carbons (Fsp3) is 0.540. The van der Waals surface area contributed by atoms with Crippen LogP contribution in [0.1, 0.15) is 235 Å². The van der Waals surface area contributed by atoms with Crippen LogP contribution >= 0.6 is 0 Å². The largest absolute Gasteiger partial charge is 0.491 e. The maximum absolute atomic E-state index is 14.2. The molecule has 612 valence electrons. The van der Waals surface area contributed by atoms with Crippen molar-refractivity contribution < 1.29 is 103 Å². The fourth-order valence-electron chi connectivity index (χ4n) is 11.1. The van der Waals surface area contributed by atoms with Crippen LogP contribution in [0.4, 0.5) is 26.3 Å². The van der Waals surface area contributed by atoms with Crippen molar-refractivity contribution in [3.63, 3.8) is 0 Å². The Hall–Kier alpha value is -8.50. The molecule has 0 saturated heterocycles. The van der Waals surface area contributed by atoms with E-state index in [1.807, 2.05) is 97.1 Å². The minimum Gasteiger partial charge on any atom is -0.491 e. The highest BCUT2D eigenvalue weighted by molar-refractivity contribution is 5.48. The first-order valence-corrected chi connectivity index (χ1v) is 36.7. The van der Waals surface area contributed by atoms with Crippen LogP contribution in [0.3, 0.4) is 0 Å². The van der Waals surface area contributed by atoms with Crippen LogP contribution in [0.5, 0.6) is 34.5 Å². The Morgan fingerprint density at radius 3 is 0.615 bits per heavy atom. The molecule has 0 bridgehead atoms. The number of carbonyl (C=O) groups excluding carboxylic acids is 4. The van der Waals surface area contributed by atoms with Gasteiger partial charge in [-0.2, -0.15) is 26.3 Å². The number of ether oxygens (including phenoxy) is 10. The number of hydrogen-bond donors (Lipinski definition) is 2. The second-order valence-corrected chi connectivity index (χ2v) is 27.5. The molecule has 0 fully saturated rings. The van der Waals surface area contributed by atoms with Gasteiger partial charge in [-0.15, -0.1) is 0 Å². The molecule has 6 aromatic carbocycles. The van der Waals surface area contributed by atoms with Crippen LogP contribution in [0.2, 0.25) is 0 Å². The number of benzene rings is 6. The van der Waals surface area contributed by atoms with E-state index in [1.54, 1.807) is 27.7 Å². The standard InChI is InChI=1S/C23H28O6.C22H22F6O5.C22H28O5.C17H36.3CH4/c1-17(28-15-24)13-26-21-9-5-19(6-10-21)23(3,4)20-7-11-22(12-8-20)27-14-18(2)29-16-25;1-14(30)11-31-18-7-3-16(4-8-18)20(21(23,24)25,22(26,27)28)17-5-9-19(10-6-17)32-12-15(2)33-13-29;1-16(24)13-25-20-9-5-18(6-10-20)22(3,4)19-7-11-21(12-8-19)26-14-17(2)27-15-23;1-3-5-7-9-11-13-15-17-16-14-12-10-8-6-4-2;;;/h5-12,15-18H,13-14H2,1-4H3;3-10,13-15,30H,11-12H2,1-2H3;5-12,15-17,24H,13-14H2,1-4H3;3-17H2,1-2H3;3*1H4. The summed E-state index contributed by atoms with van der Waals surface area (Å²) >= 11 is 0. The van der Waals surface area contributed by atoms with Crippen LogP contribution in [0.15, 0.2) is 146 Å². The van der Waals surface area contributed by atoms with Gasteiger partial charge in [0.2, 0.25) is 5.41 Å². The minimum atomic E-state index is -5.73. The SMILES string of the molecule is C.C.C.CC(COc1ccc(C(C)(C)c2ccc(OCC(C)OC=O)cc2)cc1)OC=O.CC(O)COc1ccc(C(C)(C)c2ccc(OCC(C)OC=O)cc2)cc1.CC(O)COc1ccc(C(c2ccc(OCC(C)OC=O)cc2)(C(F)(F)F)C(F)(F)F)cc1.CCCCCCCCCCCCCCCCC. The van der Waals surface area contributed by atoms with Crippen molar-refractivity contribution in [2.75, 3.05) is 39.6 Å². The molecule has 0 heterocycles. The molecule has 22 heteroatoms. The van der Waals surface area contributed by atoms with Gasteiger partial charge in [0.25, 0.3) is 25.9 Å². The lowest BCUT2D eigenvalue weighted by Crippen LogP contribution is -2.54. The van der Waals surface area contributed by atoms with Gasteiger partial charge in [0.1, 0.15) is 98.6 Å². The Labute approximate surface area is 646 Å². The molecule has 6 unspecified atom stereocenters. The van der Waals surface area contributed by atoms with E-state index in [-0.39, 0.29) is 89.2 Å². The molecule has 6 atom stereocenters. The van der Waals surface area contributed by atoms with E-state index in [0.717, 1.165) is 69.5 Å². The van der Waals surface area contributed by atoms with Crippen LogP contribution in [0.25, 0.3) is 0 Å². The van der Waals surface area contributed by atoms with E-state index in [1.165, 1.54) is 110 Å². The zero-order chi connectivity index (χ0) is 78.6. The maximum atomic E-state index is 14.2. The summed E-state index contributed by atoms with van der Waals surface area (Å²) in [7, 11) is 0. The van der Waals surface area contributed by atoms with Gasteiger partial charge in [-0.1, -0.05) is 233 Å². The van der Waals surface area contributed by atoms with Crippen LogP contribution < -0.4 is 28.4 Å². The summed E-state index contributed by atoms with van der Waals surface area (Å²) in [5.41, 5.74) is -2.20. The molecule has 2 N–H and O–H groups in total. The first-order chi connectivity index (χ1) is 50.4. The predicted octanol–water partition coefficient (Wildman–Crippen LogP) is 21.2. The first-order valence-electron chi connectivity index (χ1n) is 36.7. The van der Waals surface area contributed by atoms with E-state index in [2.05, 4.69) is 46.3 Å². The molecule has 0 amide bonds. The van der Waals surface area contributed by atoms with E-state index < -0.39 is 47.2 Å². The Morgan fingerprint density at radius 1 is 0.294 bits per heavy atom. The van der Waals surface area contributed by atoms with Gasteiger partial charge < -0.3 is 57.6 Å². The van der Waals surface area contributed by atoms with Crippen molar-refractivity contribution in [1.82, 2.24) is 0 Å². The van der Waals surface area contributed by atoms with Crippen LogP contribution in [0, 0.1) is 0 Å². The number of aliphatic hydroxyl groups excluding tert-OH is 2. The Balaban J connectivity index is 0.00000144. The molecule has 0 radical (unpaired) electrons. The first kappa shape index (κ1) is 100. The van der Waals surface area contributed by atoms with Crippen molar-refractivity contribution in [3.05, 3.63) is 179 Å². The second kappa shape index (κ2) is 53.4. The highest BCUT2D eigenvalue weighted by atomic mass is 19.4. The summed E-state index contributed by atoms with van der Waals surface area (Å²) in [6.45, 7) is 25.5. The molecule has 6 rings (SSSR count). The lowest BCUT2D eigenvalue weighted by atomic mass is 9.73. The number of hydrogen-bond acceptors (Lipinski definition) is 16. The zero-order valence-electron chi connectivity index (χ0n) is 63.9. The summed E-state index contributed by atoms with van der Waals surface area (Å²) < 4.78 is 137. The van der Waals surface area contributed by atoms with Crippen molar-refractivity contribution in [2.45, 2.75) is 267 Å². The highest BCUT2D eigenvalue weighted by Gasteiger charge is 2.72. The highest BCUT2D eigenvalue weighted by Crippen LogP contribution is 2.56. The molecule has 0 aromatic heterocycles. The molecule has 16 nitrogen and oxygen atoms in total. The predicted molar refractivity (Wildman–Crippen MR) is 419 cm³/mol. The zero-order valence-corrected chi connectivity index (χ0v) is 63.9. The molecule has 0 spiro atoms. The van der Waals surface area contributed by atoms with E-state index in [0.29, 0.717) is 63.5 Å². The molecule has 0 aliphatic heterocycles. The molecular formula is C87H126F6O16. The van der Waals surface area contributed by atoms with Gasteiger partial charge in [0, 0.05) is 10.8 Å². The summed E-state index contributed by atoms with van der Waals surface area (Å²) in [6.07, 6.45) is 7.55. The number of unbranched alkanes of at least 4 members (excludes halogenated alkanes) is 14. The van der Waals surface area contributed by atoms with E-state index in [9.17, 15) is 55.7 Å². The lowest BCUT2D eigenvalue weighted by molar-refractivity contribution is -0.288. The van der Waals surface area contributed by atoms with Crippen molar-refractivity contribution in [1.29, 1.82) is 0 Å². The van der Waals surface area contributed by atoms with Gasteiger partial charge >= 0.3 is 12.4 Å². The average molecular weight is 1540 g/mol. The number of halogens is 6. The monoisotopic (exact) mass is 1540 g/mol. The van der Waals surface area contributed by atoms with Crippen molar-refractivity contribution >= 4 is 25.9 Å². The number of alkyl halides is 6. The van der Waals surface area contributed by atoms with Crippen LogP contribution in [-0.4, -0.2) is 125 Å². The quantitative estimate of drug-likeness (QED) is 0.0158. The van der Waals surface area contributed by atoms with E-state index >= 15 is 0 Å². The lowest BCUT2D eigenvalue weighted by Gasteiger charge is -2.38. The van der Waals surface area contributed by atoms with E-state index in [4.69, 9.17) is 42.6 Å². The molecular weight excluding hydrogens is 1410 g/mol. The number of aliphatic hydroxyl groups is 2.